The summed E-state index contributed by atoms with van der Waals surface area (Å²) >= 11 is 1.51. The van der Waals surface area contributed by atoms with Gasteiger partial charge < -0.3 is 16.8 Å². The molecule has 1 aromatic heterocycles. The van der Waals surface area contributed by atoms with E-state index in [4.69, 9.17) is 5.73 Å². The normalized spacial score (nSPS) is 11.2. The van der Waals surface area contributed by atoms with Gasteiger partial charge >= 0.3 is 0 Å². The molecule has 0 bridgehead atoms. The lowest BCUT2D eigenvalue weighted by molar-refractivity contribution is -0.384. The standard InChI is InChI=1S/C22H24N4O3S.C3H7NO/c1-15-22(17-7-9-19(10-8-17)26(28)29)30-21(24-15)12-11-20(27)25-18(14-23)13-16-5-3-2-4-6-16;1-2-3(4)5/h2-10,18H,11-14,23H2,1H3,(H,25,27);2H2,1H3,(H2,4,5). The van der Waals surface area contributed by atoms with Crippen LogP contribution in [0.3, 0.4) is 0 Å². The number of nitro benzene ring substituents is 1. The lowest BCUT2D eigenvalue weighted by atomic mass is 10.1. The van der Waals surface area contributed by atoms with Gasteiger partial charge in [0.2, 0.25) is 11.8 Å². The lowest BCUT2D eigenvalue weighted by Crippen LogP contribution is -2.41. The molecule has 1 heterocycles. The van der Waals surface area contributed by atoms with Crippen molar-refractivity contribution in [2.24, 2.45) is 11.5 Å². The summed E-state index contributed by atoms with van der Waals surface area (Å²) in [4.78, 5) is 37.9. The number of nitro groups is 1. The van der Waals surface area contributed by atoms with E-state index in [9.17, 15) is 19.7 Å². The minimum atomic E-state index is -0.417. The third kappa shape index (κ3) is 9.26. The molecule has 1 atom stereocenters. The van der Waals surface area contributed by atoms with Crippen LogP contribution in [0.15, 0.2) is 54.6 Å². The first-order valence-corrected chi connectivity index (χ1v) is 12.1. The maximum atomic E-state index is 12.4. The highest BCUT2D eigenvalue weighted by Gasteiger charge is 2.15. The second-order valence-electron chi connectivity index (χ2n) is 7.84. The van der Waals surface area contributed by atoms with Crippen molar-refractivity contribution in [3.05, 3.63) is 81.0 Å². The topological polar surface area (TPSA) is 154 Å². The van der Waals surface area contributed by atoms with Gasteiger partial charge in [-0.15, -0.1) is 11.3 Å². The fourth-order valence-corrected chi connectivity index (χ4v) is 4.24. The number of nitrogens with zero attached hydrogens (tertiary/aromatic N) is 2. The molecule has 9 nitrogen and oxygen atoms in total. The number of thiazole rings is 1. The van der Waals surface area contributed by atoms with Gasteiger partial charge in [0.25, 0.3) is 5.69 Å². The van der Waals surface area contributed by atoms with E-state index in [1.807, 2.05) is 37.3 Å². The molecule has 0 saturated heterocycles. The van der Waals surface area contributed by atoms with Crippen LogP contribution >= 0.6 is 11.3 Å². The predicted octanol–water partition coefficient (Wildman–Crippen LogP) is 3.53. The lowest BCUT2D eigenvalue weighted by Gasteiger charge is -2.16. The van der Waals surface area contributed by atoms with Crippen molar-refractivity contribution in [3.63, 3.8) is 0 Å². The molecule has 1 unspecified atom stereocenters. The van der Waals surface area contributed by atoms with Gasteiger partial charge in [0.05, 0.1) is 20.5 Å². The van der Waals surface area contributed by atoms with Gasteiger partial charge in [0.1, 0.15) is 0 Å². The molecule has 2 amide bonds. The number of nitrogens with one attached hydrogen (secondary N) is 1. The van der Waals surface area contributed by atoms with Crippen LogP contribution in [0.5, 0.6) is 0 Å². The summed E-state index contributed by atoms with van der Waals surface area (Å²) in [6.07, 6.45) is 2.01. The summed E-state index contributed by atoms with van der Waals surface area (Å²) in [7, 11) is 0. The Morgan fingerprint density at radius 2 is 1.77 bits per heavy atom. The molecular weight excluding hydrogens is 466 g/mol. The van der Waals surface area contributed by atoms with Gasteiger partial charge in [0.15, 0.2) is 0 Å². The molecule has 2 aromatic carbocycles. The van der Waals surface area contributed by atoms with Crippen LogP contribution in [0.1, 0.15) is 36.0 Å². The summed E-state index contributed by atoms with van der Waals surface area (Å²) < 4.78 is 0. The van der Waals surface area contributed by atoms with Gasteiger partial charge in [-0.05, 0) is 36.6 Å². The molecule has 0 fully saturated rings. The van der Waals surface area contributed by atoms with E-state index in [1.54, 1.807) is 19.1 Å². The van der Waals surface area contributed by atoms with Crippen molar-refractivity contribution in [1.82, 2.24) is 10.3 Å². The summed E-state index contributed by atoms with van der Waals surface area (Å²) in [5.41, 5.74) is 13.4. The SMILES string of the molecule is CCC(N)=O.Cc1nc(CCC(=O)NC(CN)Cc2ccccc2)sc1-c1ccc([N+](=O)[O-])cc1. The molecule has 0 aliphatic carbocycles. The number of rotatable bonds is 10. The summed E-state index contributed by atoms with van der Waals surface area (Å²) in [6, 6.07) is 16.3. The highest BCUT2D eigenvalue weighted by Crippen LogP contribution is 2.31. The average molecular weight is 498 g/mol. The zero-order valence-electron chi connectivity index (χ0n) is 19.9. The smallest absolute Gasteiger partial charge is 0.269 e. The van der Waals surface area contributed by atoms with E-state index in [1.165, 1.54) is 23.5 Å². The molecule has 186 valence electrons. The molecule has 0 aliphatic rings. The number of benzene rings is 2. The maximum absolute atomic E-state index is 12.4. The Balaban J connectivity index is 0.000000784. The Morgan fingerprint density at radius 3 is 2.31 bits per heavy atom. The Morgan fingerprint density at radius 1 is 1.14 bits per heavy atom. The summed E-state index contributed by atoms with van der Waals surface area (Å²) in [6.45, 7) is 4.00. The Hall–Kier alpha value is -3.63. The zero-order valence-corrected chi connectivity index (χ0v) is 20.7. The Labute approximate surface area is 208 Å². The third-order valence-electron chi connectivity index (χ3n) is 5.07. The fourth-order valence-electron chi connectivity index (χ4n) is 3.17. The van der Waals surface area contributed by atoms with Crippen molar-refractivity contribution < 1.29 is 14.5 Å². The number of primary amides is 1. The van der Waals surface area contributed by atoms with Crippen LogP contribution in [0.4, 0.5) is 5.69 Å². The van der Waals surface area contributed by atoms with Gasteiger partial charge in [0, 0.05) is 44.0 Å². The fraction of sp³-hybridized carbons (Fsp3) is 0.320. The number of nitrogens with two attached hydrogens (primary N) is 2. The molecule has 0 aliphatic heterocycles. The van der Waals surface area contributed by atoms with Crippen molar-refractivity contribution in [2.45, 2.75) is 45.6 Å². The molecule has 0 spiro atoms. The van der Waals surface area contributed by atoms with Crippen LogP contribution in [0.25, 0.3) is 10.4 Å². The maximum Gasteiger partial charge on any atom is 0.269 e. The largest absolute Gasteiger partial charge is 0.370 e. The van der Waals surface area contributed by atoms with Crippen molar-refractivity contribution >= 4 is 28.8 Å². The molecule has 3 aromatic rings. The van der Waals surface area contributed by atoms with Crippen molar-refractivity contribution in [3.8, 4) is 10.4 Å². The van der Waals surface area contributed by atoms with Gasteiger partial charge in [-0.3, -0.25) is 19.7 Å². The minimum absolute atomic E-state index is 0.0499. The highest BCUT2D eigenvalue weighted by atomic mass is 32.1. The van der Waals surface area contributed by atoms with E-state index in [-0.39, 0.29) is 23.5 Å². The minimum Gasteiger partial charge on any atom is -0.370 e. The quantitative estimate of drug-likeness (QED) is 0.287. The number of non-ortho nitro benzene ring substituents is 1. The van der Waals surface area contributed by atoms with Gasteiger partial charge in [-0.1, -0.05) is 37.3 Å². The second-order valence-corrected chi connectivity index (χ2v) is 8.92. The number of amides is 2. The van der Waals surface area contributed by atoms with Crippen LogP contribution in [-0.2, 0) is 22.4 Å². The number of hydrogen-bond acceptors (Lipinski definition) is 7. The number of aromatic nitrogens is 1. The van der Waals surface area contributed by atoms with E-state index < -0.39 is 4.92 Å². The first-order chi connectivity index (χ1) is 16.7. The number of carbonyl (C=O) groups excluding carboxylic acids is 2. The number of hydrogen-bond donors (Lipinski definition) is 3. The highest BCUT2D eigenvalue weighted by molar-refractivity contribution is 7.15. The molecule has 5 N–H and O–H groups in total. The Bertz CT molecular complexity index is 1120. The first-order valence-electron chi connectivity index (χ1n) is 11.3. The monoisotopic (exact) mass is 497 g/mol. The van der Waals surface area contributed by atoms with Gasteiger partial charge in [-0.2, -0.15) is 0 Å². The Kier molecular flexibility index (Phi) is 11.0. The molecule has 0 radical (unpaired) electrons. The first kappa shape index (κ1) is 27.6. The van der Waals surface area contributed by atoms with Crippen LogP contribution < -0.4 is 16.8 Å². The zero-order chi connectivity index (χ0) is 25.8. The van der Waals surface area contributed by atoms with E-state index in [0.717, 1.165) is 26.7 Å². The van der Waals surface area contributed by atoms with Crippen LogP contribution in [-0.4, -0.2) is 34.3 Å². The van der Waals surface area contributed by atoms with E-state index >= 15 is 0 Å². The molecule has 35 heavy (non-hydrogen) atoms. The predicted molar refractivity (Wildman–Crippen MR) is 138 cm³/mol. The van der Waals surface area contributed by atoms with E-state index in [2.05, 4.69) is 16.0 Å². The average Bonchev–Trinajstić information content (AvgIpc) is 3.23. The van der Waals surface area contributed by atoms with Crippen molar-refractivity contribution in [1.29, 1.82) is 0 Å². The molecular formula is C25H31N5O4S. The number of aryl methyl sites for hydroxylation is 2. The third-order valence-corrected chi connectivity index (χ3v) is 6.34. The van der Waals surface area contributed by atoms with E-state index in [0.29, 0.717) is 32.2 Å². The van der Waals surface area contributed by atoms with Crippen LogP contribution in [0.2, 0.25) is 0 Å². The van der Waals surface area contributed by atoms with Gasteiger partial charge in [-0.25, -0.2) is 4.98 Å². The van der Waals surface area contributed by atoms with Crippen molar-refractivity contribution in [2.75, 3.05) is 6.54 Å². The summed E-state index contributed by atoms with van der Waals surface area (Å²) in [5.74, 6) is -0.295. The molecule has 10 heteroatoms. The molecule has 0 saturated carbocycles. The van der Waals surface area contributed by atoms with Crippen LogP contribution in [0, 0.1) is 17.0 Å². The summed E-state index contributed by atoms with van der Waals surface area (Å²) in [5, 5.41) is 14.7. The second kappa shape index (κ2) is 13.9. The molecule has 3 rings (SSSR count). The number of carbonyl (C=O) groups is 2.